The van der Waals surface area contributed by atoms with Gasteiger partial charge in [-0.2, -0.15) is 0 Å². The number of likely N-dealkylation sites (N-methyl/N-ethyl adjacent to an activating group) is 1. The van der Waals surface area contributed by atoms with Crippen LogP contribution in [0.3, 0.4) is 0 Å². The lowest BCUT2D eigenvalue weighted by Gasteiger charge is -2.25. The molecule has 1 unspecified atom stereocenters. The Morgan fingerprint density at radius 3 is 2.47 bits per heavy atom. The number of amides is 1. The van der Waals surface area contributed by atoms with Crippen LogP contribution in [0.5, 0.6) is 0 Å². The first-order valence-electron chi connectivity index (χ1n) is 5.63. The second kappa shape index (κ2) is 5.27. The monoisotopic (exact) mass is 238 g/mol. The van der Waals surface area contributed by atoms with Crippen LogP contribution in [-0.2, 0) is 4.79 Å². The van der Waals surface area contributed by atoms with E-state index in [2.05, 4.69) is 10.6 Å². The Kier molecular flexibility index (Phi) is 4.23. The summed E-state index contributed by atoms with van der Waals surface area (Å²) in [6.07, 6.45) is 0. The van der Waals surface area contributed by atoms with Crippen molar-refractivity contribution in [1.82, 2.24) is 10.6 Å². The number of nitrogens with one attached hydrogen (secondary N) is 2. The van der Waals surface area contributed by atoms with Crippen LogP contribution in [-0.4, -0.2) is 18.5 Å². The van der Waals surface area contributed by atoms with Gasteiger partial charge in [0, 0.05) is 5.56 Å². The Balaban J connectivity index is 2.77. The van der Waals surface area contributed by atoms with Crippen molar-refractivity contribution in [2.45, 2.75) is 32.4 Å². The topological polar surface area (TPSA) is 41.1 Å². The molecule has 1 aromatic carbocycles. The molecule has 1 amide bonds. The van der Waals surface area contributed by atoms with Crippen LogP contribution in [0.15, 0.2) is 24.3 Å². The summed E-state index contributed by atoms with van der Waals surface area (Å²) in [7, 11) is 1.72. The normalized spacial score (nSPS) is 13.2. The lowest BCUT2D eigenvalue weighted by molar-refractivity contribution is -0.126. The number of carbonyl (C=O) groups is 1. The molecular weight excluding hydrogens is 219 g/mol. The summed E-state index contributed by atoms with van der Waals surface area (Å²) in [5.41, 5.74) is -0.174. The van der Waals surface area contributed by atoms with Crippen LogP contribution in [0, 0.1) is 5.82 Å². The molecule has 0 aromatic heterocycles. The molecule has 17 heavy (non-hydrogen) atoms. The van der Waals surface area contributed by atoms with Gasteiger partial charge in [-0.05, 0) is 33.9 Å². The van der Waals surface area contributed by atoms with Crippen molar-refractivity contribution in [3.8, 4) is 0 Å². The summed E-state index contributed by atoms with van der Waals surface area (Å²) in [4.78, 5) is 11.9. The third kappa shape index (κ3) is 3.27. The zero-order valence-corrected chi connectivity index (χ0v) is 10.7. The average molecular weight is 238 g/mol. The smallest absolute Gasteiger partial charge is 0.240 e. The Morgan fingerprint density at radius 2 is 1.94 bits per heavy atom. The van der Waals surface area contributed by atoms with Crippen LogP contribution in [0.2, 0.25) is 0 Å². The quantitative estimate of drug-likeness (QED) is 0.842. The lowest BCUT2D eigenvalue weighted by Crippen LogP contribution is -2.51. The number of hydrogen-bond acceptors (Lipinski definition) is 2. The summed E-state index contributed by atoms with van der Waals surface area (Å²) in [5, 5.41) is 5.69. The third-order valence-electron chi connectivity index (χ3n) is 2.91. The highest BCUT2D eigenvalue weighted by Gasteiger charge is 2.26. The first kappa shape index (κ1) is 13.6. The van der Waals surface area contributed by atoms with Crippen molar-refractivity contribution in [2.24, 2.45) is 0 Å². The predicted molar refractivity (Wildman–Crippen MR) is 66.1 cm³/mol. The molecule has 0 fully saturated rings. The molecular formula is C13H19FN2O. The largest absolute Gasteiger partial charge is 0.348 e. The van der Waals surface area contributed by atoms with Gasteiger partial charge in [-0.3, -0.25) is 4.79 Å². The molecule has 1 rings (SSSR count). The molecule has 1 aromatic rings. The van der Waals surface area contributed by atoms with E-state index in [0.29, 0.717) is 5.56 Å². The molecule has 0 bridgehead atoms. The van der Waals surface area contributed by atoms with Gasteiger partial charge in [-0.25, -0.2) is 4.39 Å². The standard InChI is InChI=1S/C13H19FN2O/c1-9(10-7-5-6-8-11(10)14)16-12(17)13(2,3)15-4/h5-9,15H,1-4H3,(H,16,17). The van der Waals surface area contributed by atoms with E-state index in [1.54, 1.807) is 46.0 Å². The second-order valence-corrected chi connectivity index (χ2v) is 4.59. The maximum absolute atomic E-state index is 13.5. The van der Waals surface area contributed by atoms with Crippen molar-refractivity contribution in [1.29, 1.82) is 0 Å². The van der Waals surface area contributed by atoms with Crippen LogP contribution in [0.25, 0.3) is 0 Å². The number of benzene rings is 1. The fourth-order valence-corrected chi connectivity index (χ4v) is 1.39. The summed E-state index contributed by atoms with van der Waals surface area (Å²) < 4.78 is 13.5. The SMILES string of the molecule is CNC(C)(C)C(=O)NC(C)c1ccccc1F. The maximum atomic E-state index is 13.5. The maximum Gasteiger partial charge on any atom is 0.240 e. The summed E-state index contributed by atoms with van der Waals surface area (Å²) in [5.74, 6) is -0.460. The molecule has 2 N–H and O–H groups in total. The van der Waals surface area contributed by atoms with Gasteiger partial charge in [0.25, 0.3) is 0 Å². The number of carbonyl (C=O) groups excluding carboxylic acids is 1. The van der Waals surface area contributed by atoms with E-state index < -0.39 is 5.54 Å². The van der Waals surface area contributed by atoms with E-state index in [1.807, 2.05) is 0 Å². The van der Waals surface area contributed by atoms with Gasteiger partial charge < -0.3 is 10.6 Å². The highest BCUT2D eigenvalue weighted by Crippen LogP contribution is 2.17. The first-order chi connectivity index (χ1) is 7.88. The Morgan fingerprint density at radius 1 is 1.35 bits per heavy atom. The first-order valence-corrected chi connectivity index (χ1v) is 5.63. The van der Waals surface area contributed by atoms with E-state index >= 15 is 0 Å². The summed E-state index contributed by atoms with van der Waals surface area (Å²) in [6, 6.07) is 6.10. The van der Waals surface area contributed by atoms with E-state index in [0.717, 1.165) is 0 Å². The van der Waals surface area contributed by atoms with E-state index in [4.69, 9.17) is 0 Å². The molecule has 0 saturated heterocycles. The van der Waals surface area contributed by atoms with Gasteiger partial charge in [0.1, 0.15) is 5.82 Å². The average Bonchev–Trinajstić information content (AvgIpc) is 2.29. The van der Waals surface area contributed by atoms with Crippen LogP contribution >= 0.6 is 0 Å². The molecule has 0 aliphatic heterocycles. The minimum absolute atomic E-state index is 0.157. The minimum atomic E-state index is -0.667. The lowest BCUT2D eigenvalue weighted by atomic mass is 10.0. The highest BCUT2D eigenvalue weighted by atomic mass is 19.1. The van der Waals surface area contributed by atoms with Crippen molar-refractivity contribution >= 4 is 5.91 Å². The molecule has 0 spiro atoms. The van der Waals surface area contributed by atoms with Gasteiger partial charge in [0.15, 0.2) is 0 Å². The molecule has 1 atom stereocenters. The molecule has 94 valence electrons. The Bertz CT molecular complexity index is 404. The van der Waals surface area contributed by atoms with E-state index in [1.165, 1.54) is 6.07 Å². The van der Waals surface area contributed by atoms with E-state index in [-0.39, 0.29) is 17.8 Å². The molecule has 0 saturated carbocycles. The Hall–Kier alpha value is -1.42. The van der Waals surface area contributed by atoms with Gasteiger partial charge in [0.05, 0.1) is 11.6 Å². The van der Waals surface area contributed by atoms with Crippen LogP contribution in [0.1, 0.15) is 32.4 Å². The van der Waals surface area contributed by atoms with Gasteiger partial charge in [-0.1, -0.05) is 18.2 Å². The number of hydrogen-bond donors (Lipinski definition) is 2. The van der Waals surface area contributed by atoms with Gasteiger partial charge in [0.2, 0.25) is 5.91 Å². The third-order valence-corrected chi connectivity index (χ3v) is 2.91. The fourth-order valence-electron chi connectivity index (χ4n) is 1.39. The Labute approximate surface area is 101 Å². The highest BCUT2D eigenvalue weighted by molar-refractivity contribution is 5.85. The molecule has 0 heterocycles. The zero-order chi connectivity index (χ0) is 13.1. The molecule has 4 heteroatoms. The summed E-state index contributed by atoms with van der Waals surface area (Å²) >= 11 is 0. The van der Waals surface area contributed by atoms with Crippen LogP contribution in [0.4, 0.5) is 4.39 Å². The predicted octanol–water partition coefficient (Wildman–Crippen LogP) is 2.00. The number of rotatable bonds is 4. The van der Waals surface area contributed by atoms with E-state index in [9.17, 15) is 9.18 Å². The molecule has 0 radical (unpaired) electrons. The van der Waals surface area contributed by atoms with Crippen molar-refractivity contribution < 1.29 is 9.18 Å². The van der Waals surface area contributed by atoms with Gasteiger partial charge in [-0.15, -0.1) is 0 Å². The molecule has 3 nitrogen and oxygen atoms in total. The summed E-state index contributed by atoms with van der Waals surface area (Å²) in [6.45, 7) is 5.31. The molecule has 0 aliphatic carbocycles. The second-order valence-electron chi connectivity index (χ2n) is 4.59. The van der Waals surface area contributed by atoms with Crippen molar-refractivity contribution in [3.63, 3.8) is 0 Å². The minimum Gasteiger partial charge on any atom is -0.348 e. The zero-order valence-electron chi connectivity index (χ0n) is 10.7. The van der Waals surface area contributed by atoms with Gasteiger partial charge >= 0.3 is 0 Å². The van der Waals surface area contributed by atoms with Crippen LogP contribution < -0.4 is 10.6 Å². The fraction of sp³-hybridized carbons (Fsp3) is 0.462. The number of halogens is 1. The van der Waals surface area contributed by atoms with Crippen molar-refractivity contribution in [3.05, 3.63) is 35.6 Å². The van der Waals surface area contributed by atoms with Crippen molar-refractivity contribution in [2.75, 3.05) is 7.05 Å². The molecule has 0 aliphatic rings.